The van der Waals surface area contributed by atoms with Crippen LogP contribution in [-0.2, 0) is 9.53 Å². The van der Waals surface area contributed by atoms with Crippen molar-refractivity contribution in [1.82, 2.24) is 5.32 Å². The number of carbonyl (C=O) groups is 2. The van der Waals surface area contributed by atoms with Crippen LogP contribution in [0.4, 0.5) is 0 Å². The summed E-state index contributed by atoms with van der Waals surface area (Å²) in [5.41, 5.74) is 6.39. The second-order valence-corrected chi connectivity index (χ2v) is 3.63. The summed E-state index contributed by atoms with van der Waals surface area (Å²) in [4.78, 5) is 22.9. The Morgan fingerprint density at radius 3 is 2.79 bits per heavy atom. The zero-order valence-corrected chi connectivity index (χ0v) is 10.7. The highest BCUT2D eigenvalue weighted by atomic mass is 16.5. The third-order valence-electron chi connectivity index (χ3n) is 2.34. The molecule has 0 saturated carbocycles. The highest BCUT2D eigenvalue weighted by Crippen LogP contribution is 2.07. The molecule has 0 atom stereocenters. The lowest BCUT2D eigenvalue weighted by atomic mass is 10.1. The molecular formula is C14H16N2O3. The van der Waals surface area contributed by atoms with E-state index in [1.165, 1.54) is 7.11 Å². The zero-order valence-electron chi connectivity index (χ0n) is 10.7. The average molecular weight is 260 g/mol. The van der Waals surface area contributed by atoms with Crippen molar-refractivity contribution >= 4 is 11.9 Å². The predicted octanol–water partition coefficient (Wildman–Crippen LogP) is 0.290. The number of ether oxygens (including phenoxy) is 1. The number of hydrogen-bond donors (Lipinski definition) is 2. The van der Waals surface area contributed by atoms with Gasteiger partial charge in [0.25, 0.3) is 5.91 Å². The molecule has 0 radical (unpaired) electrons. The van der Waals surface area contributed by atoms with Crippen molar-refractivity contribution in [3.63, 3.8) is 0 Å². The summed E-state index contributed by atoms with van der Waals surface area (Å²) in [5, 5.41) is 2.64. The summed E-state index contributed by atoms with van der Waals surface area (Å²) in [5.74, 6) is 4.91. The maximum atomic E-state index is 11.9. The number of hydrogen-bond acceptors (Lipinski definition) is 4. The van der Waals surface area contributed by atoms with Crippen LogP contribution in [0.2, 0.25) is 0 Å². The van der Waals surface area contributed by atoms with Gasteiger partial charge in [0.1, 0.15) is 0 Å². The molecule has 1 amide bonds. The number of amides is 1. The Hall–Kier alpha value is -2.32. The molecule has 0 aromatic heterocycles. The number of nitrogens with two attached hydrogens (primary N) is 1. The predicted molar refractivity (Wildman–Crippen MR) is 71.3 cm³/mol. The Morgan fingerprint density at radius 1 is 1.37 bits per heavy atom. The number of esters is 1. The summed E-state index contributed by atoms with van der Waals surface area (Å²) in [7, 11) is 1.31. The lowest BCUT2D eigenvalue weighted by Crippen LogP contribution is -2.27. The minimum atomic E-state index is -0.364. The normalized spacial score (nSPS) is 9.16. The molecule has 1 rings (SSSR count). The van der Waals surface area contributed by atoms with Crippen molar-refractivity contribution in [3.8, 4) is 11.8 Å². The van der Waals surface area contributed by atoms with Gasteiger partial charge < -0.3 is 15.8 Å². The SMILES string of the molecule is COC(=O)CCNC(=O)c1ccccc1C#CCN. The molecule has 5 heteroatoms. The second kappa shape index (κ2) is 7.90. The van der Waals surface area contributed by atoms with E-state index in [1.807, 2.05) is 0 Å². The molecule has 1 aromatic rings. The standard InChI is InChI=1S/C14H16N2O3/c1-19-13(17)8-10-16-14(18)12-7-3-2-5-11(12)6-4-9-15/h2-3,5,7H,8-10,15H2,1H3,(H,16,18). The van der Waals surface area contributed by atoms with Crippen LogP contribution in [0.3, 0.4) is 0 Å². The first-order chi connectivity index (χ1) is 9.19. The summed E-state index contributed by atoms with van der Waals surface area (Å²) < 4.78 is 4.49. The van der Waals surface area contributed by atoms with Gasteiger partial charge in [-0.2, -0.15) is 0 Å². The fourth-order valence-corrected chi connectivity index (χ4v) is 1.41. The minimum absolute atomic E-state index is 0.138. The van der Waals surface area contributed by atoms with Crippen molar-refractivity contribution in [3.05, 3.63) is 35.4 Å². The number of methoxy groups -OCH3 is 1. The van der Waals surface area contributed by atoms with Crippen LogP contribution < -0.4 is 11.1 Å². The minimum Gasteiger partial charge on any atom is -0.469 e. The van der Waals surface area contributed by atoms with Gasteiger partial charge in [0.2, 0.25) is 0 Å². The smallest absolute Gasteiger partial charge is 0.307 e. The monoisotopic (exact) mass is 260 g/mol. The number of benzene rings is 1. The van der Waals surface area contributed by atoms with Crippen LogP contribution in [0.1, 0.15) is 22.3 Å². The van der Waals surface area contributed by atoms with Crippen molar-refractivity contribution in [1.29, 1.82) is 0 Å². The van der Waals surface area contributed by atoms with Gasteiger partial charge in [-0.05, 0) is 12.1 Å². The van der Waals surface area contributed by atoms with Gasteiger partial charge in [0, 0.05) is 12.1 Å². The quantitative estimate of drug-likeness (QED) is 0.602. The Balaban J connectivity index is 2.69. The van der Waals surface area contributed by atoms with Crippen molar-refractivity contribution < 1.29 is 14.3 Å². The van der Waals surface area contributed by atoms with E-state index in [1.54, 1.807) is 24.3 Å². The average Bonchev–Trinajstić information content (AvgIpc) is 2.45. The molecule has 0 aliphatic rings. The van der Waals surface area contributed by atoms with Crippen molar-refractivity contribution in [2.24, 2.45) is 5.73 Å². The second-order valence-electron chi connectivity index (χ2n) is 3.63. The molecule has 5 nitrogen and oxygen atoms in total. The van der Waals surface area contributed by atoms with Gasteiger partial charge in [-0.3, -0.25) is 9.59 Å². The number of nitrogens with one attached hydrogen (secondary N) is 1. The maximum absolute atomic E-state index is 11.9. The molecule has 0 unspecified atom stereocenters. The molecule has 0 fully saturated rings. The summed E-state index contributed by atoms with van der Waals surface area (Å²) >= 11 is 0. The van der Waals surface area contributed by atoms with Crippen LogP contribution in [0.25, 0.3) is 0 Å². The summed E-state index contributed by atoms with van der Waals surface area (Å²) in [6, 6.07) is 6.97. The van der Waals surface area contributed by atoms with Crippen LogP contribution >= 0.6 is 0 Å². The van der Waals surface area contributed by atoms with E-state index < -0.39 is 0 Å². The Kier molecular flexibility index (Phi) is 6.13. The summed E-state index contributed by atoms with van der Waals surface area (Å²) in [6.07, 6.45) is 0.138. The van der Waals surface area contributed by atoms with Gasteiger partial charge >= 0.3 is 5.97 Å². The van der Waals surface area contributed by atoms with Crippen LogP contribution in [0.15, 0.2) is 24.3 Å². The van der Waals surface area contributed by atoms with Crippen LogP contribution in [0.5, 0.6) is 0 Å². The number of rotatable bonds is 4. The summed E-state index contributed by atoms with van der Waals surface area (Å²) in [6.45, 7) is 0.461. The largest absolute Gasteiger partial charge is 0.469 e. The number of carbonyl (C=O) groups excluding carboxylic acids is 2. The van der Waals surface area contributed by atoms with Gasteiger partial charge in [0.05, 0.1) is 25.6 Å². The van der Waals surface area contributed by atoms with E-state index in [9.17, 15) is 9.59 Å². The van der Waals surface area contributed by atoms with Crippen LogP contribution in [0, 0.1) is 11.8 Å². The first-order valence-corrected chi connectivity index (χ1v) is 5.82. The molecule has 0 aliphatic carbocycles. The first kappa shape index (κ1) is 14.7. The molecule has 0 saturated heterocycles. The highest BCUT2D eigenvalue weighted by molar-refractivity contribution is 5.96. The Bertz CT molecular complexity index is 515. The third kappa shape index (κ3) is 4.82. The lowest BCUT2D eigenvalue weighted by Gasteiger charge is -2.06. The Labute approximate surface area is 112 Å². The fraction of sp³-hybridized carbons (Fsp3) is 0.286. The van der Waals surface area contributed by atoms with E-state index >= 15 is 0 Å². The molecule has 0 bridgehead atoms. The highest BCUT2D eigenvalue weighted by Gasteiger charge is 2.09. The van der Waals surface area contributed by atoms with Gasteiger partial charge in [-0.15, -0.1) is 0 Å². The molecule has 1 aromatic carbocycles. The fourth-order valence-electron chi connectivity index (χ4n) is 1.41. The molecule has 0 spiro atoms. The molecule has 0 heterocycles. The van der Waals surface area contributed by atoms with E-state index in [0.29, 0.717) is 11.1 Å². The molecule has 3 N–H and O–H groups in total. The van der Waals surface area contributed by atoms with Crippen molar-refractivity contribution in [2.75, 3.05) is 20.2 Å². The van der Waals surface area contributed by atoms with E-state index in [2.05, 4.69) is 21.9 Å². The van der Waals surface area contributed by atoms with Crippen LogP contribution in [-0.4, -0.2) is 32.1 Å². The maximum Gasteiger partial charge on any atom is 0.307 e. The van der Waals surface area contributed by atoms with Crippen molar-refractivity contribution in [2.45, 2.75) is 6.42 Å². The molecule has 100 valence electrons. The van der Waals surface area contributed by atoms with Gasteiger partial charge in [-0.1, -0.05) is 24.0 Å². The molecule has 19 heavy (non-hydrogen) atoms. The van der Waals surface area contributed by atoms with E-state index in [4.69, 9.17) is 5.73 Å². The first-order valence-electron chi connectivity index (χ1n) is 5.82. The lowest BCUT2D eigenvalue weighted by molar-refractivity contribution is -0.140. The molecular weight excluding hydrogens is 244 g/mol. The topological polar surface area (TPSA) is 81.4 Å². The third-order valence-corrected chi connectivity index (χ3v) is 2.34. The van der Waals surface area contributed by atoms with Gasteiger partial charge in [-0.25, -0.2) is 0 Å². The van der Waals surface area contributed by atoms with Gasteiger partial charge in [0.15, 0.2) is 0 Å². The van der Waals surface area contributed by atoms with E-state index in [0.717, 1.165) is 0 Å². The Morgan fingerprint density at radius 2 is 2.11 bits per heavy atom. The molecule has 0 aliphatic heterocycles. The zero-order chi connectivity index (χ0) is 14.1. The van der Waals surface area contributed by atoms with E-state index in [-0.39, 0.29) is 31.4 Å².